The quantitative estimate of drug-likeness (QED) is 0.322. The van der Waals surface area contributed by atoms with Gasteiger partial charge in [-0.3, -0.25) is 9.59 Å². The van der Waals surface area contributed by atoms with Gasteiger partial charge in [0.2, 0.25) is 5.91 Å². The zero-order chi connectivity index (χ0) is 24.5. The summed E-state index contributed by atoms with van der Waals surface area (Å²) in [5, 5.41) is 3.78. The van der Waals surface area contributed by atoms with Crippen LogP contribution in [0.15, 0.2) is 34.8 Å². The van der Waals surface area contributed by atoms with Crippen LogP contribution in [0, 0.1) is 13.8 Å². The lowest BCUT2D eigenvalue weighted by molar-refractivity contribution is -0.143. The Balaban J connectivity index is 2.24. The number of amides is 2. The van der Waals surface area contributed by atoms with Crippen molar-refractivity contribution in [2.75, 3.05) is 13.2 Å². The second kappa shape index (κ2) is 13.2. The third-order valence-electron chi connectivity index (χ3n) is 5.32. The first-order valence-electron chi connectivity index (χ1n) is 11.1. The van der Waals surface area contributed by atoms with Crippen LogP contribution in [0.2, 0.25) is 10.0 Å². The van der Waals surface area contributed by atoms with E-state index in [0.29, 0.717) is 28.8 Å². The van der Waals surface area contributed by atoms with E-state index in [1.165, 1.54) is 0 Å². The Hall–Kier alpha value is -1.76. The lowest BCUT2D eigenvalue weighted by Crippen LogP contribution is -2.50. The van der Waals surface area contributed by atoms with E-state index in [1.54, 1.807) is 23.1 Å². The lowest BCUT2D eigenvalue weighted by Gasteiger charge is -2.30. The normalized spacial score (nSPS) is 11.7. The highest BCUT2D eigenvalue weighted by Gasteiger charge is 2.29. The van der Waals surface area contributed by atoms with Gasteiger partial charge >= 0.3 is 0 Å². The van der Waals surface area contributed by atoms with Crippen molar-refractivity contribution in [3.05, 3.63) is 61.5 Å². The Bertz CT molecular complexity index is 961. The van der Waals surface area contributed by atoms with Gasteiger partial charge in [-0.25, -0.2) is 0 Å². The first kappa shape index (κ1) is 27.5. The Labute approximate surface area is 214 Å². The third-order valence-corrected chi connectivity index (χ3v) is 7.31. The van der Waals surface area contributed by atoms with Gasteiger partial charge in [0.15, 0.2) is 6.61 Å². The summed E-state index contributed by atoms with van der Waals surface area (Å²) in [6, 6.07) is 8.34. The standard InChI is InChI=1S/C25H31BrCl2N2O3/c1-5-7-10-29-25(32)22(6-2)30(14-18-8-9-20(27)21(28)13-18)23(31)15-33-19-11-16(3)24(26)17(4)12-19/h8-9,11-13,22H,5-7,10,14-15H2,1-4H3,(H,29,32). The fourth-order valence-electron chi connectivity index (χ4n) is 3.48. The molecule has 2 aromatic carbocycles. The number of hydrogen-bond donors (Lipinski definition) is 1. The molecule has 0 radical (unpaired) electrons. The number of carbonyl (C=O) groups is 2. The van der Waals surface area contributed by atoms with E-state index >= 15 is 0 Å². The molecule has 8 heteroatoms. The Morgan fingerprint density at radius 2 is 1.76 bits per heavy atom. The lowest BCUT2D eigenvalue weighted by atomic mass is 10.1. The van der Waals surface area contributed by atoms with Crippen molar-refractivity contribution in [3.63, 3.8) is 0 Å². The molecule has 0 saturated heterocycles. The molecule has 0 aliphatic rings. The van der Waals surface area contributed by atoms with Crippen molar-refractivity contribution in [1.82, 2.24) is 10.2 Å². The van der Waals surface area contributed by atoms with Crippen LogP contribution in [0.4, 0.5) is 0 Å². The monoisotopic (exact) mass is 556 g/mol. The largest absolute Gasteiger partial charge is 0.484 e. The Morgan fingerprint density at radius 3 is 2.33 bits per heavy atom. The molecule has 0 aliphatic carbocycles. The van der Waals surface area contributed by atoms with E-state index in [0.717, 1.165) is 34.0 Å². The molecule has 180 valence electrons. The van der Waals surface area contributed by atoms with Crippen LogP contribution < -0.4 is 10.1 Å². The summed E-state index contributed by atoms with van der Waals surface area (Å²) < 4.78 is 6.84. The molecule has 0 aliphatic heterocycles. The van der Waals surface area contributed by atoms with Gasteiger partial charge in [-0.2, -0.15) is 0 Å². The molecular weight excluding hydrogens is 527 g/mol. The highest BCUT2D eigenvalue weighted by Crippen LogP contribution is 2.27. The van der Waals surface area contributed by atoms with Crippen LogP contribution in [0.25, 0.3) is 0 Å². The van der Waals surface area contributed by atoms with E-state index in [9.17, 15) is 9.59 Å². The molecule has 5 nitrogen and oxygen atoms in total. The van der Waals surface area contributed by atoms with Crippen LogP contribution in [-0.2, 0) is 16.1 Å². The summed E-state index contributed by atoms with van der Waals surface area (Å²) in [6.07, 6.45) is 2.33. The van der Waals surface area contributed by atoms with Gasteiger partial charge in [0.25, 0.3) is 5.91 Å². The molecule has 0 bridgehead atoms. The highest BCUT2D eigenvalue weighted by atomic mass is 79.9. The van der Waals surface area contributed by atoms with Crippen molar-refractivity contribution in [3.8, 4) is 5.75 Å². The highest BCUT2D eigenvalue weighted by molar-refractivity contribution is 9.10. The molecular formula is C25H31BrCl2N2O3. The number of halogens is 3. The molecule has 2 amide bonds. The fourth-order valence-corrected chi connectivity index (χ4v) is 4.03. The summed E-state index contributed by atoms with van der Waals surface area (Å²) in [5.74, 6) is 0.156. The minimum absolute atomic E-state index is 0.172. The molecule has 2 rings (SSSR count). The number of rotatable bonds is 11. The molecule has 0 fully saturated rings. The zero-order valence-electron chi connectivity index (χ0n) is 19.5. The number of unbranched alkanes of at least 4 members (excludes halogenated alkanes) is 1. The van der Waals surface area contributed by atoms with Gasteiger partial charge in [0.1, 0.15) is 11.8 Å². The van der Waals surface area contributed by atoms with Gasteiger partial charge in [-0.05, 0) is 67.6 Å². The maximum absolute atomic E-state index is 13.3. The van der Waals surface area contributed by atoms with Gasteiger partial charge < -0.3 is 15.0 Å². The second-order valence-corrected chi connectivity index (χ2v) is 9.61. The third kappa shape index (κ3) is 7.90. The van der Waals surface area contributed by atoms with E-state index < -0.39 is 6.04 Å². The number of benzene rings is 2. The van der Waals surface area contributed by atoms with E-state index in [2.05, 4.69) is 28.2 Å². The summed E-state index contributed by atoms with van der Waals surface area (Å²) in [5.41, 5.74) is 2.83. The number of carbonyl (C=O) groups excluding carboxylic acids is 2. The molecule has 0 spiro atoms. The van der Waals surface area contributed by atoms with Crippen LogP contribution >= 0.6 is 39.1 Å². The van der Waals surface area contributed by atoms with Crippen LogP contribution in [0.1, 0.15) is 49.8 Å². The summed E-state index contributed by atoms with van der Waals surface area (Å²) >= 11 is 15.8. The Kier molecular flexibility index (Phi) is 11.0. The topological polar surface area (TPSA) is 58.6 Å². The van der Waals surface area contributed by atoms with Crippen molar-refractivity contribution in [2.45, 2.75) is 59.5 Å². The average Bonchev–Trinajstić information content (AvgIpc) is 2.78. The van der Waals surface area contributed by atoms with Gasteiger partial charge in [-0.15, -0.1) is 0 Å². The number of aryl methyl sites for hydroxylation is 2. The predicted molar refractivity (Wildman–Crippen MR) is 138 cm³/mol. The summed E-state index contributed by atoms with van der Waals surface area (Å²) in [4.78, 5) is 27.8. The molecule has 1 N–H and O–H groups in total. The number of hydrogen-bond acceptors (Lipinski definition) is 3. The van der Waals surface area contributed by atoms with E-state index in [4.69, 9.17) is 27.9 Å². The SMILES string of the molecule is CCCCNC(=O)C(CC)N(Cc1ccc(Cl)c(Cl)c1)C(=O)COc1cc(C)c(Br)c(C)c1. The molecule has 33 heavy (non-hydrogen) atoms. The maximum Gasteiger partial charge on any atom is 0.261 e. The zero-order valence-corrected chi connectivity index (χ0v) is 22.6. The van der Waals surface area contributed by atoms with Crippen molar-refractivity contribution >= 4 is 50.9 Å². The first-order chi connectivity index (χ1) is 15.7. The number of nitrogens with one attached hydrogen (secondary N) is 1. The van der Waals surface area contributed by atoms with E-state index in [-0.39, 0.29) is 25.0 Å². The summed E-state index contributed by atoms with van der Waals surface area (Å²) in [6.45, 7) is 8.51. The molecule has 1 unspecified atom stereocenters. The summed E-state index contributed by atoms with van der Waals surface area (Å²) in [7, 11) is 0. The number of ether oxygens (including phenoxy) is 1. The minimum Gasteiger partial charge on any atom is -0.484 e. The van der Waals surface area contributed by atoms with Gasteiger partial charge in [0, 0.05) is 17.6 Å². The van der Waals surface area contributed by atoms with Crippen molar-refractivity contribution in [1.29, 1.82) is 0 Å². The fraction of sp³-hybridized carbons (Fsp3) is 0.440. The maximum atomic E-state index is 13.3. The second-order valence-electron chi connectivity index (χ2n) is 8.00. The first-order valence-corrected chi connectivity index (χ1v) is 12.6. The van der Waals surface area contributed by atoms with Gasteiger partial charge in [0.05, 0.1) is 10.0 Å². The number of nitrogens with zero attached hydrogens (tertiary/aromatic N) is 1. The molecule has 0 aromatic heterocycles. The molecule has 0 saturated carbocycles. The Morgan fingerprint density at radius 1 is 1.09 bits per heavy atom. The predicted octanol–water partition coefficient (Wildman–Crippen LogP) is 6.48. The molecule has 1 atom stereocenters. The molecule has 0 heterocycles. The van der Waals surface area contributed by atoms with Crippen LogP contribution in [-0.4, -0.2) is 35.9 Å². The average molecular weight is 558 g/mol. The van der Waals surface area contributed by atoms with Crippen LogP contribution in [0.3, 0.4) is 0 Å². The van der Waals surface area contributed by atoms with Gasteiger partial charge in [-0.1, -0.05) is 65.5 Å². The smallest absolute Gasteiger partial charge is 0.261 e. The minimum atomic E-state index is -0.624. The van der Waals surface area contributed by atoms with E-state index in [1.807, 2.05) is 32.9 Å². The van der Waals surface area contributed by atoms with Crippen molar-refractivity contribution in [2.24, 2.45) is 0 Å². The molecule has 2 aromatic rings. The van der Waals surface area contributed by atoms with Crippen molar-refractivity contribution < 1.29 is 14.3 Å². The van der Waals surface area contributed by atoms with Crippen LogP contribution in [0.5, 0.6) is 5.75 Å².